The zero-order chi connectivity index (χ0) is 13.0. The van der Waals surface area contributed by atoms with Crippen LogP contribution in [0.25, 0.3) is 0 Å². The summed E-state index contributed by atoms with van der Waals surface area (Å²) >= 11 is 5.69. The van der Waals surface area contributed by atoms with Crippen molar-refractivity contribution in [1.29, 1.82) is 0 Å². The molecule has 1 rings (SSSR count). The number of esters is 1. The predicted molar refractivity (Wildman–Crippen MR) is 55.5 cm³/mol. The van der Waals surface area contributed by atoms with Crippen LogP contribution in [0, 0.1) is 10.1 Å². The smallest absolute Gasteiger partial charge is 0.417 e. The first-order valence-corrected chi connectivity index (χ1v) is 4.62. The number of halogens is 1. The quantitative estimate of drug-likeness (QED) is 0.380. The van der Waals surface area contributed by atoms with E-state index < -0.39 is 16.9 Å². The third kappa shape index (κ3) is 3.42. The molecule has 1 aromatic carbocycles. The first kappa shape index (κ1) is 12.9. The summed E-state index contributed by atoms with van der Waals surface area (Å²) < 4.78 is 4.38. The number of nitro groups is 1. The van der Waals surface area contributed by atoms with Crippen molar-refractivity contribution in [1.82, 2.24) is 0 Å². The van der Waals surface area contributed by atoms with Crippen molar-refractivity contribution in [3.05, 3.63) is 38.9 Å². The van der Waals surface area contributed by atoms with Crippen LogP contribution in [0.2, 0.25) is 5.02 Å². The fraction of sp³-hybridized carbons (Fsp3) is 0.111. The number of aliphatic carboxylic acids is 1. The van der Waals surface area contributed by atoms with Crippen molar-refractivity contribution in [2.75, 3.05) is 0 Å². The highest BCUT2D eigenvalue weighted by Gasteiger charge is 2.15. The van der Waals surface area contributed by atoms with Crippen molar-refractivity contribution >= 4 is 29.2 Å². The fourth-order valence-corrected chi connectivity index (χ4v) is 1.20. The number of ether oxygens (including phenoxy) is 1. The van der Waals surface area contributed by atoms with Gasteiger partial charge in [-0.15, -0.1) is 0 Å². The van der Waals surface area contributed by atoms with Gasteiger partial charge in [0.05, 0.1) is 9.95 Å². The Morgan fingerprint density at radius 3 is 2.59 bits per heavy atom. The molecular formula is C9H6ClNO6. The molecule has 0 aromatic heterocycles. The molecule has 17 heavy (non-hydrogen) atoms. The van der Waals surface area contributed by atoms with Gasteiger partial charge in [0.2, 0.25) is 0 Å². The molecule has 90 valence electrons. The van der Waals surface area contributed by atoms with Crippen LogP contribution in [0.5, 0.6) is 0 Å². The number of carboxylic acids is 1. The van der Waals surface area contributed by atoms with Crippen LogP contribution in [0.1, 0.15) is 5.56 Å². The van der Waals surface area contributed by atoms with Crippen molar-refractivity contribution < 1.29 is 24.4 Å². The Bertz CT molecular complexity index is 486. The Hall–Kier alpha value is -2.15. The first-order chi connectivity index (χ1) is 7.91. The zero-order valence-electron chi connectivity index (χ0n) is 8.25. The second-order valence-electron chi connectivity index (χ2n) is 2.91. The van der Waals surface area contributed by atoms with Gasteiger partial charge in [-0.3, -0.25) is 10.1 Å². The Morgan fingerprint density at radius 2 is 2.12 bits per heavy atom. The normalized spacial score (nSPS) is 9.71. The van der Waals surface area contributed by atoms with Gasteiger partial charge in [0.25, 0.3) is 5.69 Å². The van der Waals surface area contributed by atoms with Gasteiger partial charge in [-0.1, -0.05) is 11.6 Å². The molecule has 0 fully saturated rings. The van der Waals surface area contributed by atoms with E-state index in [9.17, 15) is 19.7 Å². The number of hydrogen-bond donors (Lipinski definition) is 1. The van der Waals surface area contributed by atoms with Crippen LogP contribution in [0.3, 0.4) is 0 Å². The first-order valence-electron chi connectivity index (χ1n) is 4.24. The van der Waals surface area contributed by atoms with E-state index in [1.807, 2.05) is 0 Å². The standard InChI is InChI=1S/C9H6ClNO6/c10-7-3-6(11(15)16)2-1-5(7)4-17-9(14)8(12)13/h1-3H,4H2,(H,12,13). The van der Waals surface area contributed by atoms with E-state index in [0.717, 1.165) is 6.07 Å². The summed E-state index contributed by atoms with van der Waals surface area (Å²) in [6.45, 7) is -0.359. The molecule has 8 heteroatoms. The van der Waals surface area contributed by atoms with E-state index in [0.29, 0.717) is 0 Å². The monoisotopic (exact) mass is 259 g/mol. The van der Waals surface area contributed by atoms with Gasteiger partial charge in [0, 0.05) is 17.7 Å². The molecule has 1 N–H and O–H groups in total. The number of non-ortho nitro benzene ring substituents is 1. The lowest BCUT2D eigenvalue weighted by atomic mass is 10.2. The summed E-state index contributed by atoms with van der Waals surface area (Å²) in [5.74, 6) is -3.14. The second-order valence-corrected chi connectivity index (χ2v) is 3.32. The van der Waals surface area contributed by atoms with Gasteiger partial charge >= 0.3 is 11.9 Å². The minimum Gasteiger partial charge on any atom is -0.473 e. The fourth-order valence-electron chi connectivity index (χ4n) is 0.972. The van der Waals surface area contributed by atoms with Crippen molar-refractivity contribution in [3.63, 3.8) is 0 Å². The zero-order valence-corrected chi connectivity index (χ0v) is 9.01. The van der Waals surface area contributed by atoms with Gasteiger partial charge in [-0.05, 0) is 6.07 Å². The average Bonchev–Trinajstić information content (AvgIpc) is 2.26. The molecule has 1 aromatic rings. The predicted octanol–water partition coefficient (Wildman–Crippen LogP) is 1.38. The number of rotatable bonds is 3. The molecule has 0 heterocycles. The minimum atomic E-state index is -1.72. The molecular weight excluding hydrogens is 254 g/mol. The number of benzene rings is 1. The summed E-state index contributed by atoms with van der Waals surface area (Å²) in [7, 11) is 0. The summed E-state index contributed by atoms with van der Waals surface area (Å²) in [6, 6.07) is 3.55. The number of carbonyl (C=O) groups excluding carboxylic acids is 1. The van der Waals surface area contributed by atoms with E-state index in [-0.39, 0.29) is 22.9 Å². The molecule has 0 bridgehead atoms. The molecule has 0 unspecified atom stereocenters. The topological polar surface area (TPSA) is 107 Å². The molecule has 7 nitrogen and oxygen atoms in total. The van der Waals surface area contributed by atoms with E-state index in [4.69, 9.17) is 16.7 Å². The van der Waals surface area contributed by atoms with Gasteiger partial charge in [-0.25, -0.2) is 9.59 Å². The van der Waals surface area contributed by atoms with Crippen molar-refractivity contribution in [2.45, 2.75) is 6.61 Å². The molecule has 0 saturated heterocycles. The maximum Gasteiger partial charge on any atom is 0.417 e. The molecule has 0 aliphatic heterocycles. The highest BCUT2D eigenvalue weighted by molar-refractivity contribution is 6.31. The van der Waals surface area contributed by atoms with E-state index in [2.05, 4.69) is 4.74 Å². The highest BCUT2D eigenvalue weighted by Crippen LogP contribution is 2.22. The number of carbonyl (C=O) groups is 2. The van der Waals surface area contributed by atoms with Crippen LogP contribution in [-0.2, 0) is 20.9 Å². The highest BCUT2D eigenvalue weighted by atomic mass is 35.5. The van der Waals surface area contributed by atoms with Crippen molar-refractivity contribution in [3.8, 4) is 0 Å². The Labute approximate surface area is 99.7 Å². The number of hydrogen-bond acceptors (Lipinski definition) is 5. The lowest BCUT2D eigenvalue weighted by Crippen LogP contribution is -2.16. The number of carboxylic acid groups (broad SMARTS) is 1. The SMILES string of the molecule is O=C(O)C(=O)OCc1ccc([N+](=O)[O-])cc1Cl. The Kier molecular flexibility index (Phi) is 4.00. The minimum absolute atomic E-state index is 0.0254. The van der Waals surface area contributed by atoms with Gasteiger partial charge in [0.1, 0.15) is 6.61 Å². The molecule has 0 radical (unpaired) electrons. The largest absolute Gasteiger partial charge is 0.473 e. The average molecular weight is 260 g/mol. The summed E-state index contributed by atoms with van der Waals surface area (Å²) in [5.41, 5.74) is 0.0789. The molecule has 0 amide bonds. The lowest BCUT2D eigenvalue weighted by Gasteiger charge is -2.04. The molecule has 0 aliphatic rings. The third-order valence-electron chi connectivity index (χ3n) is 1.78. The molecule has 0 atom stereocenters. The number of nitro benzene ring substituents is 1. The van der Waals surface area contributed by atoms with Crippen LogP contribution in [-0.4, -0.2) is 22.0 Å². The van der Waals surface area contributed by atoms with Crippen molar-refractivity contribution in [2.24, 2.45) is 0 Å². The Morgan fingerprint density at radius 1 is 1.47 bits per heavy atom. The summed E-state index contributed by atoms with van der Waals surface area (Å²) in [4.78, 5) is 30.6. The second kappa shape index (κ2) is 5.26. The van der Waals surface area contributed by atoms with Crippen LogP contribution >= 0.6 is 11.6 Å². The molecule has 0 spiro atoms. The van der Waals surface area contributed by atoms with E-state index in [1.54, 1.807) is 0 Å². The van der Waals surface area contributed by atoms with E-state index >= 15 is 0 Å². The molecule has 0 aliphatic carbocycles. The Balaban J connectivity index is 2.76. The lowest BCUT2D eigenvalue weighted by molar-refractivity contribution is -0.384. The number of nitrogens with zero attached hydrogens (tertiary/aromatic N) is 1. The van der Waals surface area contributed by atoms with Gasteiger partial charge in [0.15, 0.2) is 0 Å². The van der Waals surface area contributed by atoms with Crippen LogP contribution in [0.4, 0.5) is 5.69 Å². The van der Waals surface area contributed by atoms with Crippen LogP contribution in [0.15, 0.2) is 18.2 Å². The summed E-state index contributed by atoms with van der Waals surface area (Å²) in [6.07, 6.45) is 0. The summed E-state index contributed by atoms with van der Waals surface area (Å²) in [5, 5.41) is 18.7. The maximum absolute atomic E-state index is 10.6. The third-order valence-corrected chi connectivity index (χ3v) is 2.13. The van der Waals surface area contributed by atoms with Crippen LogP contribution < -0.4 is 0 Å². The van der Waals surface area contributed by atoms with Gasteiger partial charge in [-0.2, -0.15) is 0 Å². The van der Waals surface area contributed by atoms with Gasteiger partial charge < -0.3 is 9.84 Å². The molecule has 0 saturated carbocycles. The van der Waals surface area contributed by atoms with E-state index in [1.165, 1.54) is 12.1 Å². The maximum atomic E-state index is 10.6.